The first kappa shape index (κ1) is 19.2. The Kier molecular flexibility index (Phi) is 5.36. The lowest BCUT2D eigenvalue weighted by Crippen LogP contribution is -2.57. The third-order valence-electron chi connectivity index (χ3n) is 5.10. The summed E-state index contributed by atoms with van der Waals surface area (Å²) in [7, 11) is 0. The predicted octanol–water partition coefficient (Wildman–Crippen LogP) is 2.20. The van der Waals surface area contributed by atoms with Crippen LogP contribution in [0.2, 0.25) is 0 Å². The van der Waals surface area contributed by atoms with E-state index in [-0.39, 0.29) is 37.4 Å². The van der Waals surface area contributed by atoms with Gasteiger partial charge in [0.25, 0.3) is 0 Å². The molecule has 1 aliphatic heterocycles. The summed E-state index contributed by atoms with van der Waals surface area (Å²) in [4.78, 5) is 21.6. The van der Waals surface area contributed by atoms with E-state index in [1.54, 1.807) is 13.0 Å². The highest BCUT2D eigenvalue weighted by Crippen LogP contribution is 2.37. The zero-order valence-electron chi connectivity index (χ0n) is 14.9. The van der Waals surface area contributed by atoms with E-state index in [2.05, 4.69) is 9.97 Å². The Morgan fingerprint density at radius 2 is 2.15 bits per heavy atom. The minimum Gasteiger partial charge on any atom is -0.481 e. The molecule has 144 valence electrons. The second kappa shape index (κ2) is 7.56. The van der Waals surface area contributed by atoms with E-state index >= 15 is 0 Å². The highest BCUT2D eigenvalue weighted by molar-refractivity contribution is 5.77. The normalized spacial score (nSPS) is 22.7. The molecule has 2 atom stereocenters. The predicted molar refractivity (Wildman–Crippen MR) is 94.4 cm³/mol. The van der Waals surface area contributed by atoms with Crippen molar-refractivity contribution in [1.29, 1.82) is 0 Å². The standard InChI is InChI=1S/C19H21F2N3O3/c1-2-14-16(21)17(23-11-22-14)24-7-6-15(25)19(10-24,18(26)27)9-12-4-3-5-13(20)8-12/h3-5,8,11,15,25H,2,6-7,9-10H2,1H3,(H,26,27)/t15-,19+/m0/s1. The van der Waals surface area contributed by atoms with Gasteiger partial charge >= 0.3 is 5.97 Å². The van der Waals surface area contributed by atoms with Crippen molar-refractivity contribution in [3.63, 3.8) is 0 Å². The molecule has 0 amide bonds. The summed E-state index contributed by atoms with van der Waals surface area (Å²) < 4.78 is 28.2. The molecule has 0 radical (unpaired) electrons. The van der Waals surface area contributed by atoms with Gasteiger partial charge in [0.05, 0.1) is 11.8 Å². The molecule has 0 spiro atoms. The van der Waals surface area contributed by atoms with Crippen LogP contribution in [-0.2, 0) is 17.6 Å². The largest absolute Gasteiger partial charge is 0.481 e. The summed E-state index contributed by atoms with van der Waals surface area (Å²) in [5.41, 5.74) is -0.900. The van der Waals surface area contributed by atoms with E-state index in [0.29, 0.717) is 12.0 Å². The van der Waals surface area contributed by atoms with Crippen LogP contribution >= 0.6 is 0 Å². The summed E-state index contributed by atoms with van der Waals surface area (Å²) in [5.74, 6) is -2.25. The van der Waals surface area contributed by atoms with E-state index in [9.17, 15) is 23.8 Å². The Labute approximate surface area is 155 Å². The molecule has 3 rings (SSSR count). The Hall–Kier alpha value is -2.61. The van der Waals surface area contributed by atoms with Gasteiger partial charge in [-0.3, -0.25) is 4.79 Å². The number of aliphatic hydroxyl groups excluding tert-OH is 1. The van der Waals surface area contributed by atoms with Gasteiger partial charge in [-0.05, 0) is 37.0 Å². The van der Waals surface area contributed by atoms with E-state index in [0.717, 1.165) is 0 Å². The van der Waals surface area contributed by atoms with Crippen molar-refractivity contribution in [3.05, 3.63) is 53.5 Å². The Morgan fingerprint density at radius 1 is 1.37 bits per heavy atom. The fourth-order valence-corrected chi connectivity index (χ4v) is 3.59. The fourth-order valence-electron chi connectivity index (χ4n) is 3.59. The van der Waals surface area contributed by atoms with Crippen molar-refractivity contribution in [3.8, 4) is 0 Å². The first-order valence-electron chi connectivity index (χ1n) is 8.77. The number of nitrogens with zero attached hydrogens (tertiary/aromatic N) is 3. The van der Waals surface area contributed by atoms with Crippen LogP contribution in [0.5, 0.6) is 0 Å². The van der Waals surface area contributed by atoms with Gasteiger partial charge in [0.15, 0.2) is 11.6 Å². The Morgan fingerprint density at radius 3 is 2.81 bits per heavy atom. The van der Waals surface area contributed by atoms with Crippen LogP contribution < -0.4 is 4.90 Å². The molecular formula is C19H21F2N3O3. The number of carboxylic acids is 1. The highest BCUT2D eigenvalue weighted by atomic mass is 19.1. The number of hydrogen-bond acceptors (Lipinski definition) is 5. The maximum atomic E-state index is 14.7. The third kappa shape index (κ3) is 3.62. The van der Waals surface area contributed by atoms with Crippen LogP contribution in [0.15, 0.2) is 30.6 Å². The summed E-state index contributed by atoms with van der Waals surface area (Å²) in [5, 5.41) is 20.4. The lowest BCUT2D eigenvalue weighted by atomic mass is 9.73. The molecule has 2 heterocycles. The monoisotopic (exact) mass is 377 g/mol. The quantitative estimate of drug-likeness (QED) is 0.831. The molecule has 1 aromatic carbocycles. The lowest BCUT2D eigenvalue weighted by molar-refractivity contribution is -0.157. The number of aliphatic carboxylic acids is 1. The van der Waals surface area contributed by atoms with Crippen LogP contribution in [-0.4, -0.2) is 45.3 Å². The van der Waals surface area contributed by atoms with E-state index in [1.165, 1.54) is 29.4 Å². The minimum absolute atomic E-state index is 0.0265. The highest BCUT2D eigenvalue weighted by Gasteiger charge is 2.50. The van der Waals surface area contributed by atoms with Crippen LogP contribution in [0.1, 0.15) is 24.6 Å². The van der Waals surface area contributed by atoms with Crippen LogP contribution in [0.3, 0.4) is 0 Å². The molecule has 0 bridgehead atoms. The van der Waals surface area contributed by atoms with Gasteiger partial charge in [0.1, 0.15) is 17.6 Å². The van der Waals surface area contributed by atoms with Crippen molar-refractivity contribution < 1.29 is 23.8 Å². The number of hydrogen-bond donors (Lipinski definition) is 2. The molecule has 1 aromatic heterocycles. The molecule has 1 aliphatic rings. The van der Waals surface area contributed by atoms with Gasteiger partial charge in [-0.1, -0.05) is 19.1 Å². The smallest absolute Gasteiger partial charge is 0.314 e. The molecule has 2 N–H and O–H groups in total. The molecule has 27 heavy (non-hydrogen) atoms. The average Bonchev–Trinajstić information content (AvgIpc) is 2.64. The minimum atomic E-state index is -1.60. The number of halogens is 2. The number of rotatable bonds is 5. The van der Waals surface area contributed by atoms with E-state index in [4.69, 9.17) is 0 Å². The first-order chi connectivity index (χ1) is 12.9. The summed E-state index contributed by atoms with van der Waals surface area (Å²) in [6, 6.07) is 5.62. The van der Waals surface area contributed by atoms with E-state index < -0.39 is 29.1 Å². The van der Waals surface area contributed by atoms with Crippen molar-refractivity contribution in [2.24, 2.45) is 5.41 Å². The van der Waals surface area contributed by atoms with Crippen molar-refractivity contribution in [1.82, 2.24) is 9.97 Å². The summed E-state index contributed by atoms with van der Waals surface area (Å²) in [6.45, 7) is 1.88. The summed E-state index contributed by atoms with van der Waals surface area (Å²) >= 11 is 0. The molecule has 8 heteroatoms. The molecule has 0 aliphatic carbocycles. The maximum Gasteiger partial charge on any atom is 0.314 e. The van der Waals surface area contributed by atoms with Gasteiger partial charge in [0.2, 0.25) is 0 Å². The molecule has 1 fully saturated rings. The fraction of sp³-hybridized carbons (Fsp3) is 0.421. The molecular weight excluding hydrogens is 356 g/mol. The van der Waals surface area contributed by atoms with E-state index in [1.807, 2.05) is 0 Å². The maximum absolute atomic E-state index is 14.7. The Balaban J connectivity index is 1.97. The number of aromatic nitrogens is 2. The van der Waals surface area contributed by atoms with Gasteiger partial charge in [0, 0.05) is 13.1 Å². The molecule has 0 saturated carbocycles. The number of carboxylic acid groups (broad SMARTS) is 1. The molecule has 2 aromatic rings. The van der Waals surface area contributed by atoms with Crippen molar-refractivity contribution in [2.75, 3.05) is 18.0 Å². The van der Waals surface area contributed by atoms with Crippen LogP contribution in [0.4, 0.5) is 14.6 Å². The third-order valence-corrected chi connectivity index (χ3v) is 5.10. The second-order valence-electron chi connectivity index (χ2n) is 6.81. The second-order valence-corrected chi connectivity index (χ2v) is 6.81. The van der Waals surface area contributed by atoms with Crippen LogP contribution in [0.25, 0.3) is 0 Å². The van der Waals surface area contributed by atoms with Gasteiger partial charge < -0.3 is 15.1 Å². The average molecular weight is 377 g/mol. The molecule has 0 unspecified atom stereocenters. The number of carbonyl (C=O) groups is 1. The SMILES string of the molecule is CCc1ncnc(N2CC[C@H](O)[C@](Cc3cccc(F)c3)(C(=O)O)C2)c1F. The topological polar surface area (TPSA) is 86.5 Å². The molecule has 6 nitrogen and oxygen atoms in total. The van der Waals surface area contributed by atoms with Crippen LogP contribution in [0, 0.1) is 17.0 Å². The molecule has 1 saturated heterocycles. The van der Waals surface area contributed by atoms with Gasteiger partial charge in [-0.25, -0.2) is 18.7 Å². The number of aryl methyl sites for hydroxylation is 1. The zero-order valence-corrected chi connectivity index (χ0v) is 14.9. The van der Waals surface area contributed by atoms with Gasteiger partial charge in [-0.2, -0.15) is 0 Å². The first-order valence-corrected chi connectivity index (χ1v) is 8.77. The number of aliphatic hydroxyl groups is 1. The lowest BCUT2D eigenvalue weighted by Gasteiger charge is -2.44. The van der Waals surface area contributed by atoms with Gasteiger partial charge in [-0.15, -0.1) is 0 Å². The number of benzene rings is 1. The zero-order chi connectivity index (χ0) is 19.6. The van der Waals surface area contributed by atoms with Crippen molar-refractivity contribution >= 4 is 11.8 Å². The summed E-state index contributed by atoms with van der Waals surface area (Å²) in [6.07, 6.45) is 0.533. The number of piperidine rings is 1. The Bertz CT molecular complexity index is 849. The number of anilines is 1. The van der Waals surface area contributed by atoms with Crippen molar-refractivity contribution in [2.45, 2.75) is 32.3 Å².